The molecule has 2 aromatic heterocycles. The molecule has 0 spiro atoms. The molecule has 0 radical (unpaired) electrons. The van der Waals surface area contributed by atoms with Crippen molar-refractivity contribution in [3.05, 3.63) is 215 Å². The van der Waals surface area contributed by atoms with E-state index in [1.807, 2.05) is 35.0 Å². The second-order valence-electron chi connectivity index (χ2n) is 23.5. The summed E-state index contributed by atoms with van der Waals surface area (Å²) in [7, 11) is 0. The molecule has 0 N–H and O–H groups in total. The van der Waals surface area contributed by atoms with Crippen molar-refractivity contribution < 1.29 is 34.6 Å². The second kappa shape index (κ2) is 20.7. The van der Waals surface area contributed by atoms with Crippen molar-refractivity contribution in [2.24, 2.45) is 0 Å². The van der Waals surface area contributed by atoms with Crippen molar-refractivity contribution >= 4 is 50.6 Å². The Bertz CT molecular complexity index is 4020. The van der Waals surface area contributed by atoms with Gasteiger partial charge in [0.15, 0.2) is 0 Å². The van der Waals surface area contributed by atoms with Crippen molar-refractivity contribution in [1.29, 1.82) is 0 Å². The first-order chi connectivity index (χ1) is 36.7. The zero-order chi connectivity index (χ0) is 54.2. The summed E-state index contributed by atoms with van der Waals surface area (Å²) in [5.41, 5.74) is 16.5. The van der Waals surface area contributed by atoms with Gasteiger partial charge in [-0.05, 0) is 128 Å². The van der Waals surface area contributed by atoms with Crippen molar-refractivity contribution in [2.75, 3.05) is 0 Å². The molecular weight excluding hydrogens is 1150 g/mol. The minimum atomic E-state index is -0.649. The van der Waals surface area contributed by atoms with E-state index >= 15 is 8.78 Å². The van der Waals surface area contributed by atoms with Gasteiger partial charge in [-0.25, -0.2) is 13.8 Å². The van der Waals surface area contributed by atoms with E-state index in [4.69, 9.17) is 9.72 Å². The van der Waals surface area contributed by atoms with Crippen LogP contribution >= 0.6 is 0 Å². The molecule has 0 unspecified atom stereocenters. The maximum absolute atomic E-state index is 15.6. The van der Waals surface area contributed by atoms with Crippen LogP contribution in [-0.4, -0.2) is 15.6 Å². The molecule has 1 aliphatic heterocycles. The third-order valence-corrected chi connectivity index (χ3v) is 14.8. The summed E-state index contributed by atoms with van der Waals surface area (Å²) in [6.07, 6.45) is 1.88. The van der Waals surface area contributed by atoms with Gasteiger partial charge >= 0.3 is 27.1 Å². The van der Waals surface area contributed by atoms with Gasteiger partial charge in [0.2, 0.25) is 5.69 Å². The first kappa shape index (κ1) is 53.8. The summed E-state index contributed by atoms with van der Waals surface area (Å²) < 4.78 is 44.4. The van der Waals surface area contributed by atoms with Gasteiger partial charge in [0, 0.05) is 41.4 Å². The number of hydrogen-bond donors (Lipinski definition) is 0. The number of halogens is 2. The Morgan fingerprint density at radius 2 is 1.14 bits per heavy atom. The molecule has 8 heteroatoms. The van der Waals surface area contributed by atoms with Crippen molar-refractivity contribution in [1.82, 2.24) is 18.7 Å². The third kappa shape index (κ3) is 10.3. The minimum Gasteiger partial charge on any atom is -0.509 e. The number of ether oxygens (including phenoxy) is 1. The first-order valence-electron chi connectivity index (χ1n) is 26.7. The number of benzene rings is 8. The third-order valence-electron chi connectivity index (χ3n) is 14.8. The number of para-hydroxylation sites is 3. The van der Waals surface area contributed by atoms with Crippen molar-refractivity contribution in [3.8, 4) is 50.7 Å². The van der Waals surface area contributed by atoms with Gasteiger partial charge in [-0.15, -0.1) is 29.1 Å². The Morgan fingerprint density at radius 3 is 1.77 bits per heavy atom. The maximum Gasteiger partial charge on any atom is 2.00 e. The Morgan fingerprint density at radius 1 is 0.551 bits per heavy atom. The molecule has 0 saturated carbocycles. The number of hydrogen-bond acceptors (Lipinski definition) is 2. The molecule has 0 saturated heterocycles. The molecular formula is C70H64F2N4OPt+2. The largest absolute Gasteiger partial charge is 2.00 e. The monoisotopic (exact) mass is 1210 g/mol. The Kier molecular flexibility index (Phi) is 14.3. The fourth-order valence-corrected chi connectivity index (χ4v) is 10.7. The van der Waals surface area contributed by atoms with Gasteiger partial charge in [0.1, 0.15) is 23.1 Å². The Labute approximate surface area is 472 Å². The van der Waals surface area contributed by atoms with Crippen LogP contribution in [-0.2, 0) is 31.9 Å². The van der Waals surface area contributed by atoms with Crippen molar-refractivity contribution in [3.63, 3.8) is 0 Å². The van der Waals surface area contributed by atoms with Crippen LogP contribution in [0.2, 0.25) is 0 Å². The summed E-state index contributed by atoms with van der Waals surface area (Å²) >= 11 is 0. The molecule has 78 heavy (non-hydrogen) atoms. The van der Waals surface area contributed by atoms with Gasteiger partial charge in [-0.2, -0.15) is 6.07 Å². The van der Waals surface area contributed by atoms with E-state index in [9.17, 15) is 0 Å². The van der Waals surface area contributed by atoms with Crippen molar-refractivity contribution in [2.45, 2.75) is 106 Å². The van der Waals surface area contributed by atoms with Crippen LogP contribution in [0.4, 0.5) is 31.5 Å². The van der Waals surface area contributed by atoms with Crippen LogP contribution in [0.5, 0.6) is 11.5 Å². The zero-order valence-electron chi connectivity index (χ0n) is 46.4. The van der Waals surface area contributed by atoms with Gasteiger partial charge in [0.05, 0.1) is 11.1 Å². The molecule has 11 rings (SSSR count). The van der Waals surface area contributed by atoms with E-state index in [1.165, 1.54) is 28.8 Å². The summed E-state index contributed by atoms with van der Waals surface area (Å²) in [6, 6.07) is 61.8. The second-order valence-corrected chi connectivity index (χ2v) is 23.5. The molecule has 0 fully saturated rings. The summed E-state index contributed by atoms with van der Waals surface area (Å²) in [4.78, 5) is 4.91. The van der Waals surface area contributed by atoms with E-state index in [2.05, 4.69) is 220 Å². The Balaban J connectivity index is 0.00000688. The van der Waals surface area contributed by atoms with Crippen LogP contribution in [0.1, 0.15) is 114 Å². The molecule has 8 aromatic carbocycles. The molecule has 1 aliphatic rings. The zero-order valence-corrected chi connectivity index (χ0v) is 48.7. The van der Waals surface area contributed by atoms with E-state index in [-0.39, 0.29) is 43.7 Å². The number of nitrogens with zero attached hydrogens (tertiary/aromatic N) is 4. The fourth-order valence-electron chi connectivity index (χ4n) is 10.7. The first-order valence-corrected chi connectivity index (χ1v) is 26.7. The van der Waals surface area contributed by atoms with Gasteiger partial charge in [-0.1, -0.05) is 169 Å². The van der Waals surface area contributed by atoms with Gasteiger partial charge in [0.25, 0.3) is 11.4 Å². The SMILES string of the molecule is Cc1cc(C)cc(-c2cc(Oc3[c-]c4c(cc3)c3ccccc3n4-c3cc(C(C)(C)C)ccn3)[c-]c([N+]3=C=[N+](c4c(-c5cc(F)cc(F)c5)cc(C(C)(C)C)cc4-c4cc(C(C)C)cc(C(C)C)c4)c4ccccc43)c2)c1.[Pt+2]. The molecule has 0 amide bonds. The molecule has 0 bridgehead atoms. The van der Waals surface area contributed by atoms with E-state index in [0.29, 0.717) is 28.3 Å². The average molecular weight is 1210 g/mol. The molecule has 392 valence electrons. The summed E-state index contributed by atoms with van der Waals surface area (Å²) in [6.45, 7) is 26.2. The standard InChI is InChI=1S/C70H64F2N4O.Pt/c1-42(2)46-28-47(43(3)4)30-50(29-46)61-35-53(70(10,11)12)36-62(51-31-54(71)38-55(72)32-51)68(61)75-41-74(64-19-15-16-20-65(64)75)56-33-49(48-26-44(5)25-45(6)27-48)34-58(39-56)77-57-21-22-60-59-17-13-14-18-63(59)76(66(60)40-57)67-37-52(23-24-73-67)69(7,8)9;/h13-38,42-43H,1-12H3;/q;+2. The van der Waals surface area contributed by atoms with E-state index in [0.717, 1.165) is 89.7 Å². The van der Waals surface area contributed by atoms with Crippen LogP contribution < -0.4 is 13.9 Å². The van der Waals surface area contributed by atoms with Crippen LogP contribution in [0.3, 0.4) is 0 Å². The van der Waals surface area contributed by atoms with E-state index in [1.54, 1.807) is 0 Å². The quantitative estimate of drug-likeness (QED) is 0.101. The van der Waals surface area contributed by atoms with Gasteiger partial charge in [-0.3, -0.25) is 0 Å². The predicted octanol–water partition coefficient (Wildman–Crippen LogP) is 19.2. The molecule has 10 aromatic rings. The fraction of sp³-hybridized carbons (Fsp3) is 0.229. The topological polar surface area (TPSA) is 33.1 Å². The predicted molar refractivity (Wildman–Crippen MR) is 315 cm³/mol. The number of rotatable bonds is 10. The molecule has 3 heterocycles. The number of aromatic nitrogens is 2. The van der Waals surface area contributed by atoms with Gasteiger partial charge < -0.3 is 9.30 Å². The Hall–Kier alpha value is -7.56. The number of pyridine rings is 1. The molecule has 5 nitrogen and oxygen atoms in total. The van der Waals surface area contributed by atoms with Crippen LogP contribution in [0.25, 0.3) is 61.0 Å². The average Bonchev–Trinajstić information content (AvgIpc) is 4.14. The molecule has 0 aliphatic carbocycles. The normalized spacial score (nSPS) is 12.6. The van der Waals surface area contributed by atoms with Crippen LogP contribution in [0, 0.1) is 37.6 Å². The summed E-state index contributed by atoms with van der Waals surface area (Å²) in [5, 5.41) is 2.13. The number of aryl methyl sites for hydroxylation is 2. The van der Waals surface area contributed by atoms with E-state index < -0.39 is 11.6 Å². The number of fused-ring (bicyclic) bond motifs is 4. The summed E-state index contributed by atoms with van der Waals surface area (Å²) in [5.74, 6) is 1.02. The smallest absolute Gasteiger partial charge is 0.509 e. The van der Waals surface area contributed by atoms with Crippen LogP contribution in [0.15, 0.2) is 158 Å². The maximum atomic E-state index is 15.6. The minimum absolute atomic E-state index is 0. The molecule has 0 atom stereocenters.